The van der Waals surface area contributed by atoms with E-state index in [9.17, 15) is 0 Å². The summed E-state index contributed by atoms with van der Waals surface area (Å²) < 4.78 is 5.25. The average molecular weight is 350 g/mol. The van der Waals surface area contributed by atoms with Crippen molar-refractivity contribution in [2.24, 2.45) is 4.99 Å². The van der Waals surface area contributed by atoms with E-state index in [1.54, 1.807) is 18.4 Å². The van der Waals surface area contributed by atoms with Crippen LogP contribution in [0.2, 0.25) is 0 Å². The van der Waals surface area contributed by atoms with Gasteiger partial charge in [-0.1, -0.05) is 32.0 Å². The molecule has 0 saturated heterocycles. The molecule has 7 heteroatoms. The van der Waals surface area contributed by atoms with Crippen molar-refractivity contribution in [2.45, 2.75) is 45.4 Å². The van der Waals surface area contributed by atoms with E-state index in [4.69, 9.17) is 4.52 Å². The molecule has 0 saturated carbocycles. The number of nitrogens with zero attached hydrogens (tertiary/aromatic N) is 3. The van der Waals surface area contributed by atoms with Gasteiger partial charge in [0.25, 0.3) is 0 Å². The van der Waals surface area contributed by atoms with Gasteiger partial charge in [-0.05, 0) is 17.9 Å². The number of aliphatic imine (C=N–C) groups is 1. The first-order chi connectivity index (χ1) is 11.6. The quantitative estimate of drug-likeness (QED) is 0.435. The minimum atomic E-state index is 0.300. The smallest absolute Gasteiger partial charge is 0.226 e. The maximum Gasteiger partial charge on any atom is 0.226 e. The van der Waals surface area contributed by atoms with Crippen molar-refractivity contribution in [2.75, 3.05) is 20.1 Å². The second-order valence-corrected chi connectivity index (χ2v) is 7.08. The Balaban J connectivity index is 1.66. The van der Waals surface area contributed by atoms with Gasteiger partial charge in [0.05, 0.1) is 0 Å². The van der Waals surface area contributed by atoms with E-state index in [-0.39, 0.29) is 0 Å². The van der Waals surface area contributed by atoms with Crippen LogP contribution in [0.3, 0.4) is 0 Å². The van der Waals surface area contributed by atoms with Crippen molar-refractivity contribution in [1.82, 2.24) is 20.8 Å². The SMILES string of the molecule is CN=C(NCCCc1nc(C(C)C)no1)NCC(C)c1cccs1. The zero-order valence-electron chi connectivity index (χ0n) is 14.9. The van der Waals surface area contributed by atoms with E-state index in [2.05, 4.69) is 64.1 Å². The van der Waals surface area contributed by atoms with Gasteiger partial charge in [0.15, 0.2) is 11.8 Å². The summed E-state index contributed by atoms with van der Waals surface area (Å²) in [5.74, 6) is 3.07. The molecule has 2 aromatic heterocycles. The van der Waals surface area contributed by atoms with Gasteiger partial charge in [-0.15, -0.1) is 11.3 Å². The third-order valence-corrected chi connectivity index (χ3v) is 4.79. The number of aromatic nitrogens is 2. The number of hydrogen-bond acceptors (Lipinski definition) is 5. The molecule has 2 N–H and O–H groups in total. The molecule has 1 atom stereocenters. The predicted molar refractivity (Wildman–Crippen MR) is 98.8 cm³/mol. The molecule has 6 nitrogen and oxygen atoms in total. The summed E-state index contributed by atoms with van der Waals surface area (Å²) in [4.78, 5) is 10.0. The van der Waals surface area contributed by atoms with Crippen LogP contribution in [-0.4, -0.2) is 36.2 Å². The van der Waals surface area contributed by atoms with Crippen LogP contribution < -0.4 is 10.6 Å². The van der Waals surface area contributed by atoms with E-state index in [0.29, 0.717) is 17.7 Å². The van der Waals surface area contributed by atoms with Crippen molar-refractivity contribution >= 4 is 17.3 Å². The Morgan fingerprint density at radius 1 is 1.33 bits per heavy atom. The fourth-order valence-corrected chi connectivity index (χ4v) is 2.98. The molecule has 0 aliphatic rings. The Morgan fingerprint density at radius 2 is 2.17 bits per heavy atom. The lowest BCUT2D eigenvalue weighted by Gasteiger charge is -2.15. The van der Waals surface area contributed by atoms with Crippen LogP contribution in [0.15, 0.2) is 27.0 Å². The van der Waals surface area contributed by atoms with Crippen LogP contribution in [0, 0.1) is 0 Å². The number of hydrogen-bond donors (Lipinski definition) is 2. The molecule has 0 spiro atoms. The lowest BCUT2D eigenvalue weighted by atomic mass is 10.1. The summed E-state index contributed by atoms with van der Waals surface area (Å²) in [5.41, 5.74) is 0. The molecule has 1 unspecified atom stereocenters. The molecular formula is C17H27N5OS. The molecule has 0 aliphatic heterocycles. The van der Waals surface area contributed by atoms with Gasteiger partial charge in [0.2, 0.25) is 5.89 Å². The van der Waals surface area contributed by atoms with Crippen molar-refractivity contribution in [1.29, 1.82) is 0 Å². The molecule has 0 aliphatic carbocycles. The van der Waals surface area contributed by atoms with Crippen molar-refractivity contribution in [3.8, 4) is 0 Å². The Morgan fingerprint density at radius 3 is 2.79 bits per heavy atom. The summed E-state index contributed by atoms with van der Waals surface area (Å²) >= 11 is 1.79. The van der Waals surface area contributed by atoms with Crippen molar-refractivity contribution in [3.05, 3.63) is 34.1 Å². The van der Waals surface area contributed by atoms with Crippen LogP contribution in [0.4, 0.5) is 0 Å². The van der Waals surface area contributed by atoms with E-state index in [1.807, 2.05) is 0 Å². The first kappa shape index (κ1) is 18.4. The van der Waals surface area contributed by atoms with Crippen LogP contribution in [0.5, 0.6) is 0 Å². The topological polar surface area (TPSA) is 75.3 Å². The fourth-order valence-electron chi connectivity index (χ4n) is 2.19. The summed E-state index contributed by atoms with van der Waals surface area (Å²) in [6.07, 6.45) is 1.69. The second kappa shape index (κ2) is 9.42. The summed E-state index contributed by atoms with van der Waals surface area (Å²) in [5, 5.41) is 12.8. The van der Waals surface area contributed by atoms with Crippen LogP contribution in [-0.2, 0) is 6.42 Å². The predicted octanol–water partition coefficient (Wildman–Crippen LogP) is 3.16. The van der Waals surface area contributed by atoms with Crippen LogP contribution in [0.1, 0.15) is 55.6 Å². The molecular weight excluding hydrogens is 322 g/mol. The first-order valence-electron chi connectivity index (χ1n) is 8.40. The third kappa shape index (κ3) is 5.63. The van der Waals surface area contributed by atoms with E-state index in [1.165, 1.54) is 4.88 Å². The molecule has 0 aromatic carbocycles. The van der Waals surface area contributed by atoms with Gasteiger partial charge in [-0.3, -0.25) is 4.99 Å². The van der Waals surface area contributed by atoms with Gasteiger partial charge in [0.1, 0.15) is 0 Å². The Kier molecular flexibility index (Phi) is 7.24. The fraction of sp³-hybridized carbons (Fsp3) is 0.588. The average Bonchev–Trinajstić information content (AvgIpc) is 3.25. The molecule has 2 heterocycles. The van der Waals surface area contributed by atoms with Gasteiger partial charge in [0, 0.05) is 43.3 Å². The van der Waals surface area contributed by atoms with E-state index in [0.717, 1.165) is 37.7 Å². The minimum absolute atomic E-state index is 0.300. The molecule has 0 amide bonds. The Bertz CT molecular complexity index is 621. The maximum absolute atomic E-state index is 5.25. The molecule has 2 aromatic rings. The second-order valence-electron chi connectivity index (χ2n) is 6.10. The highest BCUT2D eigenvalue weighted by Crippen LogP contribution is 2.19. The van der Waals surface area contributed by atoms with Crippen LogP contribution >= 0.6 is 11.3 Å². The number of rotatable bonds is 8. The monoisotopic (exact) mass is 349 g/mol. The number of guanidine groups is 1. The lowest BCUT2D eigenvalue weighted by molar-refractivity contribution is 0.368. The standard InChI is InChI=1S/C17H27N5OS/c1-12(2)16-21-15(23-22-16)8-5-9-19-17(18-4)20-11-13(3)14-7-6-10-24-14/h6-7,10,12-13H,5,8-9,11H2,1-4H3,(H2,18,19,20). The Labute approximate surface area is 147 Å². The zero-order chi connectivity index (χ0) is 17.4. The van der Waals surface area contributed by atoms with E-state index >= 15 is 0 Å². The highest BCUT2D eigenvalue weighted by atomic mass is 32.1. The lowest BCUT2D eigenvalue weighted by Crippen LogP contribution is -2.39. The number of aryl methyl sites for hydroxylation is 1. The largest absolute Gasteiger partial charge is 0.356 e. The third-order valence-electron chi connectivity index (χ3n) is 3.69. The summed E-state index contributed by atoms with van der Waals surface area (Å²) in [6, 6.07) is 4.26. The highest BCUT2D eigenvalue weighted by molar-refractivity contribution is 7.10. The van der Waals surface area contributed by atoms with E-state index < -0.39 is 0 Å². The molecule has 0 radical (unpaired) electrons. The highest BCUT2D eigenvalue weighted by Gasteiger charge is 2.10. The minimum Gasteiger partial charge on any atom is -0.356 e. The van der Waals surface area contributed by atoms with Gasteiger partial charge >= 0.3 is 0 Å². The molecule has 2 rings (SSSR count). The molecule has 0 fully saturated rings. The normalized spacial score (nSPS) is 13.3. The molecule has 132 valence electrons. The van der Waals surface area contributed by atoms with Gasteiger partial charge in [-0.2, -0.15) is 4.98 Å². The van der Waals surface area contributed by atoms with Crippen molar-refractivity contribution < 1.29 is 4.52 Å². The number of nitrogens with one attached hydrogen (secondary N) is 2. The first-order valence-corrected chi connectivity index (χ1v) is 9.28. The Hall–Kier alpha value is -1.89. The number of thiophene rings is 1. The van der Waals surface area contributed by atoms with Gasteiger partial charge in [-0.25, -0.2) is 0 Å². The van der Waals surface area contributed by atoms with Crippen LogP contribution in [0.25, 0.3) is 0 Å². The van der Waals surface area contributed by atoms with Crippen molar-refractivity contribution in [3.63, 3.8) is 0 Å². The molecule has 0 bridgehead atoms. The maximum atomic E-state index is 5.25. The zero-order valence-corrected chi connectivity index (χ0v) is 15.7. The van der Waals surface area contributed by atoms with Gasteiger partial charge < -0.3 is 15.2 Å². The molecule has 24 heavy (non-hydrogen) atoms. The summed E-state index contributed by atoms with van der Waals surface area (Å²) in [7, 11) is 1.79. The summed E-state index contributed by atoms with van der Waals surface area (Å²) in [6.45, 7) is 8.01.